The summed E-state index contributed by atoms with van der Waals surface area (Å²) in [6.07, 6.45) is 2.34. The van der Waals surface area contributed by atoms with Gasteiger partial charge >= 0.3 is 0 Å². The Hall–Kier alpha value is -1.84. The molecule has 0 unspecified atom stereocenters. The van der Waals surface area contributed by atoms with Crippen LogP contribution in [0.1, 0.15) is 42.6 Å². The van der Waals surface area contributed by atoms with Gasteiger partial charge in [0.05, 0.1) is 0 Å². The third kappa shape index (κ3) is 3.83. The number of hydrogen-bond donors (Lipinski definition) is 1. The van der Waals surface area contributed by atoms with Crippen LogP contribution < -0.4 is 10.1 Å². The summed E-state index contributed by atoms with van der Waals surface area (Å²) >= 11 is 0. The number of fused-ring (bicyclic) bond motifs is 1. The van der Waals surface area contributed by atoms with E-state index in [1.165, 1.54) is 0 Å². The molecule has 1 aromatic carbocycles. The second kappa shape index (κ2) is 6.55. The topological polar surface area (TPSA) is 55.4 Å². The Morgan fingerprint density at radius 2 is 2.15 bits per heavy atom. The molecule has 0 bridgehead atoms. The van der Waals surface area contributed by atoms with Crippen LogP contribution in [0.2, 0.25) is 0 Å². The monoisotopic (exact) mass is 275 g/mol. The van der Waals surface area contributed by atoms with Gasteiger partial charge in [-0.25, -0.2) is 0 Å². The maximum absolute atomic E-state index is 11.6. The zero-order chi connectivity index (χ0) is 14.5. The number of carbonyl (C=O) groups excluding carboxylic acids is 2. The molecule has 1 amide bonds. The predicted molar refractivity (Wildman–Crippen MR) is 77.1 cm³/mol. The van der Waals surface area contributed by atoms with E-state index in [0.717, 1.165) is 24.0 Å². The summed E-state index contributed by atoms with van der Waals surface area (Å²) < 4.78 is 5.43. The molecule has 20 heavy (non-hydrogen) atoms. The second-order valence-corrected chi connectivity index (χ2v) is 5.56. The molecule has 1 aliphatic rings. The number of ether oxygens (including phenoxy) is 1. The van der Waals surface area contributed by atoms with Crippen LogP contribution in [-0.4, -0.2) is 24.8 Å². The van der Waals surface area contributed by atoms with Crippen molar-refractivity contribution in [1.82, 2.24) is 5.32 Å². The lowest BCUT2D eigenvalue weighted by atomic mass is 10.1. The van der Waals surface area contributed by atoms with Crippen molar-refractivity contribution in [3.8, 4) is 5.75 Å². The molecule has 4 nitrogen and oxygen atoms in total. The van der Waals surface area contributed by atoms with Gasteiger partial charge in [-0.3, -0.25) is 9.59 Å². The summed E-state index contributed by atoms with van der Waals surface area (Å²) in [6.45, 7) is 4.89. The van der Waals surface area contributed by atoms with Crippen LogP contribution in [0.4, 0.5) is 0 Å². The molecule has 1 N–H and O–H groups in total. The van der Waals surface area contributed by atoms with Crippen molar-refractivity contribution in [1.29, 1.82) is 0 Å². The van der Waals surface area contributed by atoms with E-state index < -0.39 is 0 Å². The maximum atomic E-state index is 11.6. The van der Waals surface area contributed by atoms with Crippen LogP contribution in [-0.2, 0) is 11.2 Å². The minimum Gasteiger partial charge on any atom is -0.484 e. The van der Waals surface area contributed by atoms with Gasteiger partial charge in [0.1, 0.15) is 5.75 Å². The van der Waals surface area contributed by atoms with Crippen LogP contribution >= 0.6 is 0 Å². The van der Waals surface area contributed by atoms with Gasteiger partial charge in [0.2, 0.25) is 0 Å². The molecule has 1 aliphatic carbocycles. The SMILES string of the molecule is CC(C)CCNC(=O)COc1ccc2c(c1)C(=O)CC2. The fourth-order valence-corrected chi connectivity index (χ4v) is 2.21. The molecule has 1 aromatic rings. The summed E-state index contributed by atoms with van der Waals surface area (Å²) in [6, 6.07) is 5.47. The van der Waals surface area contributed by atoms with Crippen molar-refractivity contribution in [2.24, 2.45) is 5.92 Å². The standard InChI is InChI=1S/C16H21NO3/c1-11(2)7-8-17-16(19)10-20-13-5-3-12-4-6-15(18)14(12)9-13/h3,5,9,11H,4,6-8,10H2,1-2H3,(H,17,19). The molecule has 0 aliphatic heterocycles. The minimum absolute atomic E-state index is 0.00886. The summed E-state index contributed by atoms with van der Waals surface area (Å²) in [7, 11) is 0. The maximum Gasteiger partial charge on any atom is 0.257 e. The molecule has 0 saturated heterocycles. The van der Waals surface area contributed by atoms with E-state index in [1.807, 2.05) is 12.1 Å². The molecule has 0 saturated carbocycles. The zero-order valence-corrected chi connectivity index (χ0v) is 12.1. The van der Waals surface area contributed by atoms with Crippen LogP contribution in [0.25, 0.3) is 0 Å². The average Bonchev–Trinajstić information content (AvgIpc) is 2.77. The Morgan fingerprint density at radius 3 is 2.90 bits per heavy atom. The van der Waals surface area contributed by atoms with E-state index in [9.17, 15) is 9.59 Å². The third-order valence-corrected chi connectivity index (χ3v) is 3.42. The Balaban J connectivity index is 1.81. The fourth-order valence-electron chi connectivity index (χ4n) is 2.21. The highest BCUT2D eigenvalue weighted by Crippen LogP contribution is 2.25. The van der Waals surface area contributed by atoms with Crippen molar-refractivity contribution in [3.05, 3.63) is 29.3 Å². The molecule has 2 rings (SSSR count). The van der Waals surface area contributed by atoms with Gasteiger partial charge in [0.25, 0.3) is 5.91 Å². The van der Waals surface area contributed by atoms with Gasteiger partial charge in [-0.2, -0.15) is 0 Å². The van der Waals surface area contributed by atoms with Crippen molar-refractivity contribution in [2.75, 3.05) is 13.2 Å². The number of rotatable bonds is 6. The van der Waals surface area contributed by atoms with E-state index in [4.69, 9.17) is 4.74 Å². The summed E-state index contributed by atoms with van der Waals surface area (Å²) in [5.41, 5.74) is 1.81. The molecule has 0 atom stereocenters. The lowest BCUT2D eigenvalue weighted by Crippen LogP contribution is -2.30. The molecule has 0 heterocycles. The number of Topliss-reactive ketones (excluding diaryl/α,β-unsaturated/α-hetero) is 1. The first-order valence-electron chi connectivity index (χ1n) is 7.12. The van der Waals surface area contributed by atoms with Crippen molar-refractivity contribution < 1.29 is 14.3 Å². The molecular weight excluding hydrogens is 254 g/mol. The van der Waals surface area contributed by atoms with Gasteiger partial charge in [-0.15, -0.1) is 0 Å². The lowest BCUT2D eigenvalue weighted by Gasteiger charge is -2.09. The fraction of sp³-hybridized carbons (Fsp3) is 0.500. The first-order chi connectivity index (χ1) is 9.56. The third-order valence-electron chi connectivity index (χ3n) is 3.42. The molecular formula is C16H21NO3. The first kappa shape index (κ1) is 14.6. The van der Waals surface area contributed by atoms with Crippen molar-refractivity contribution >= 4 is 11.7 Å². The highest BCUT2D eigenvalue weighted by Gasteiger charge is 2.19. The second-order valence-electron chi connectivity index (χ2n) is 5.56. The number of amides is 1. The molecule has 0 aromatic heterocycles. The highest BCUT2D eigenvalue weighted by molar-refractivity contribution is 6.00. The molecule has 0 fully saturated rings. The molecule has 4 heteroatoms. The molecule has 108 valence electrons. The van der Waals surface area contributed by atoms with Gasteiger partial charge in [0, 0.05) is 18.5 Å². The molecule has 0 spiro atoms. The quantitative estimate of drug-likeness (QED) is 0.867. The number of ketones is 1. The Kier molecular flexibility index (Phi) is 4.77. The van der Waals surface area contributed by atoms with E-state index in [1.54, 1.807) is 6.07 Å². The summed E-state index contributed by atoms with van der Waals surface area (Å²) in [5, 5.41) is 2.81. The molecule has 0 radical (unpaired) electrons. The van der Waals surface area contributed by atoms with E-state index >= 15 is 0 Å². The first-order valence-corrected chi connectivity index (χ1v) is 7.12. The van der Waals surface area contributed by atoms with Crippen LogP contribution in [0.3, 0.4) is 0 Å². The Labute approximate surface area is 119 Å². The van der Waals surface area contributed by atoms with Crippen molar-refractivity contribution in [3.63, 3.8) is 0 Å². The summed E-state index contributed by atoms with van der Waals surface area (Å²) in [5.74, 6) is 1.18. The Morgan fingerprint density at radius 1 is 1.35 bits per heavy atom. The van der Waals surface area contributed by atoms with Gasteiger partial charge in [-0.1, -0.05) is 19.9 Å². The number of hydrogen-bond acceptors (Lipinski definition) is 3. The number of aryl methyl sites for hydroxylation is 1. The highest BCUT2D eigenvalue weighted by atomic mass is 16.5. The number of nitrogens with one attached hydrogen (secondary N) is 1. The Bertz CT molecular complexity index is 508. The lowest BCUT2D eigenvalue weighted by molar-refractivity contribution is -0.123. The van der Waals surface area contributed by atoms with Gasteiger partial charge < -0.3 is 10.1 Å². The van der Waals surface area contributed by atoms with Crippen LogP contribution in [0.5, 0.6) is 5.75 Å². The van der Waals surface area contributed by atoms with Crippen LogP contribution in [0.15, 0.2) is 18.2 Å². The van der Waals surface area contributed by atoms with E-state index in [-0.39, 0.29) is 18.3 Å². The normalized spacial score (nSPS) is 13.4. The van der Waals surface area contributed by atoms with Gasteiger partial charge in [-0.05, 0) is 36.5 Å². The minimum atomic E-state index is -0.127. The number of benzene rings is 1. The largest absolute Gasteiger partial charge is 0.484 e. The number of carbonyl (C=O) groups is 2. The smallest absolute Gasteiger partial charge is 0.257 e. The van der Waals surface area contributed by atoms with E-state index in [0.29, 0.717) is 24.6 Å². The zero-order valence-electron chi connectivity index (χ0n) is 12.1. The average molecular weight is 275 g/mol. The predicted octanol–water partition coefficient (Wildman–Crippen LogP) is 2.36. The van der Waals surface area contributed by atoms with Crippen molar-refractivity contribution in [2.45, 2.75) is 33.1 Å². The van der Waals surface area contributed by atoms with E-state index in [2.05, 4.69) is 19.2 Å². The van der Waals surface area contributed by atoms with Crippen LogP contribution in [0, 0.1) is 5.92 Å². The summed E-state index contributed by atoms with van der Waals surface area (Å²) in [4.78, 5) is 23.2. The van der Waals surface area contributed by atoms with Gasteiger partial charge in [0.15, 0.2) is 12.4 Å².